The van der Waals surface area contributed by atoms with Gasteiger partial charge in [0.05, 0.1) is 6.42 Å². The van der Waals surface area contributed by atoms with Gasteiger partial charge in [0.2, 0.25) is 0 Å². The van der Waals surface area contributed by atoms with Crippen LogP contribution in [0.15, 0.2) is 0 Å². The molecule has 0 spiro atoms. The lowest BCUT2D eigenvalue weighted by atomic mass is 10.1. The molecule has 48 valence electrons. The maximum atomic E-state index is 10.3. The molecule has 0 saturated carbocycles. The minimum Gasteiger partial charge on any atom is -0.393 e. The molecule has 1 atom stereocenters. The Morgan fingerprint density at radius 3 is 2.44 bits per heavy atom. The fourth-order valence-corrected chi connectivity index (χ4v) is 0.596. The summed E-state index contributed by atoms with van der Waals surface area (Å²) in [6.45, 7) is 0. The Labute approximate surface area is 50.8 Å². The molecule has 4 nitrogen and oxygen atoms in total. The van der Waals surface area contributed by atoms with Crippen LogP contribution < -0.4 is 0 Å². The van der Waals surface area contributed by atoms with Crippen LogP contribution in [0, 0.1) is 5.92 Å². The quantitative estimate of drug-likeness (QED) is 0.265. The summed E-state index contributed by atoms with van der Waals surface area (Å²) >= 11 is 0. The lowest BCUT2D eigenvalue weighted by Crippen LogP contribution is -2.07. The van der Waals surface area contributed by atoms with E-state index in [-0.39, 0.29) is 6.42 Å². The topological polar surface area (TPSA) is 60.4 Å². The number of aldehydes is 1. The summed E-state index contributed by atoms with van der Waals surface area (Å²) in [6, 6.07) is 0. The molecule has 0 aromatic rings. The molecule has 1 heterocycles. The van der Waals surface area contributed by atoms with Crippen molar-refractivity contribution in [2.75, 3.05) is 0 Å². The molecule has 1 rings (SSSR count). The van der Waals surface area contributed by atoms with Gasteiger partial charge in [-0.3, -0.25) is 9.59 Å². The molecule has 4 heteroatoms. The molecule has 1 unspecified atom stereocenters. The average molecular weight is 128 g/mol. The van der Waals surface area contributed by atoms with Gasteiger partial charge in [0, 0.05) is 0 Å². The first-order valence-electron chi connectivity index (χ1n) is 2.44. The average Bonchev–Trinajstić information content (AvgIpc) is 2.10. The molecule has 9 heavy (non-hydrogen) atoms. The minimum atomic E-state index is -0.850. The van der Waals surface area contributed by atoms with E-state index in [1.807, 2.05) is 0 Å². The lowest BCUT2D eigenvalue weighted by Gasteiger charge is -1.85. The van der Waals surface area contributed by atoms with Crippen molar-refractivity contribution in [3.63, 3.8) is 0 Å². The molecule has 0 aliphatic carbocycles. The Morgan fingerprint density at radius 2 is 2.22 bits per heavy atom. The SMILES string of the molecule is O=CC1CC(=O)OC1=O. The van der Waals surface area contributed by atoms with Crippen LogP contribution in [0.25, 0.3) is 0 Å². The third kappa shape index (κ3) is 0.960. The Bertz CT molecular complexity index is 172. The molecule has 0 aromatic carbocycles. The molecule has 1 fully saturated rings. The smallest absolute Gasteiger partial charge is 0.324 e. The maximum absolute atomic E-state index is 10.3. The number of carbonyl (C=O) groups excluding carboxylic acids is 3. The van der Waals surface area contributed by atoms with Gasteiger partial charge in [-0.05, 0) is 0 Å². The molecule has 0 N–H and O–H groups in total. The highest BCUT2D eigenvalue weighted by Crippen LogP contribution is 2.12. The van der Waals surface area contributed by atoms with Crippen molar-refractivity contribution >= 4 is 18.2 Å². The number of hydrogen-bond acceptors (Lipinski definition) is 4. The second kappa shape index (κ2) is 1.97. The van der Waals surface area contributed by atoms with E-state index in [2.05, 4.69) is 4.74 Å². The zero-order chi connectivity index (χ0) is 6.85. The number of cyclic esters (lactones) is 2. The van der Waals surface area contributed by atoms with E-state index in [9.17, 15) is 14.4 Å². The van der Waals surface area contributed by atoms with Crippen molar-refractivity contribution in [1.82, 2.24) is 0 Å². The fourth-order valence-electron chi connectivity index (χ4n) is 0.596. The Kier molecular flexibility index (Phi) is 1.30. The van der Waals surface area contributed by atoms with Crippen LogP contribution in [0.5, 0.6) is 0 Å². The molecular weight excluding hydrogens is 124 g/mol. The van der Waals surface area contributed by atoms with E-state index in [0.29, 0.717) is 6.29 Å². The largest absolute Gasteiger partial charge is 0.393 e. The number of ether oxygens (including phenoxy) is 1. The third-order valence-corrected chi connectivity index (χ3v) is 1.07. The van der Waals surface area contributed by atoms with Gasteiger partial charge >= 0.3 is 11.9 Å². The van der Waals surface area contributed by atoms with Gasteiger partial charge in [-0.1, -0.05) is 0 Å². The molecule has 1 saturated heterocycles. The number of esters is 2. The van der Waals surface area contributed by atoms with Crippen LogP contribution in [0.3, 0.4) is 0 Å². The number of rotatable bonds is 1. The van der Waals surface area contributed by atoms with Crippen molar-refractivity contribution in [3.8, 4) is 0 Å². The van der Waals surface area contributed by atoms with Gasteiger partial charge in [0.15, 0.2) is 0 Å². The van der Waals surface area contributed by atoms with E-state index in [1.54, 1.807) is 0 Å². The molecule has 0 aromatic heterocycles. The summed E-state index contributed by atoms with van der Waals surface area (Å²) in [6.07, 6.45) is 0.329. The second-order valence-electron chi connectivity index (χ2n) is 1.74. The first kappa shape index (κ1) is 5.94. The summed E-state index contributed by atoms with van der Waals surface area (Å²) < 4.78 is 4.06. The molecular formula is C5H4O4. The van der Waals surface area contributed by atoms with Crippen LogP contribution in [0.4, 0.5) is 0 Å². The molecule has 1 aliphatic rings. The van der Waals surface area contributed by atoms with Crippen LogP contribution in [0.1, 0.15) is 6.42 Å². The predicted molar refractivity (Wildman–Crippen MR) is 25.3 cm³/mol. The zero-order valence-corrected chi connectivity index (χ0v) is 4.49. The highest BCUT2D eigenvalue weighted by molar-refractivity contribution is 6.02. The molecule has 0 bridgehead atoms. The van der Waals surface area contributed by atoms with Gasteiger partial charge in [0.25, 0.3) is 0 Å². The van der Waals surface area contributed by atoms with E-state index in [4.69, 9.17) is 0 Å². The van der Waals surface area contributed by atoms with E-state index in [0.717, 1.165) is 0 Å². The normalized spacial score (nSPS) is 26.0. The first-order chi connectivity index (χ1) is 4.24. The molecule has 0 radical (unpaired) electrons. The van der Waals surface area contributed by atoms with Crippen LogP contribution in [0.2, 0.25) is 0 Å². The Hall–Kier alpha value is -1.19. The molecule has 1 aliphatic heterocycles. The van der Waals surface area contributed by atoms with Gasteiger partial charge in [0.1, 0.15) is 12.2 Å². The Morgan fingerprint density at radius 1 is 1.56 bits per heavy atom. The van der Waals surface area contributed by atoms with E-state index < -0.39 is 17.9 Å². The van der Waals surface area contributed by atoms with Crippen molar-refractivity contribution in [1.29, 1.82) is 0 Å². The number of hydrogen-bond donors (Lipinski definition) is 0. The summed E-state index contributed by atoms with van der Waals surface area (Å²) in [4.78, 5) is 30.5. The van der Waals surface area contributed by atoms with Gasteiger partial charge in [-0.25, -0.2) is 0 Å². The van der Waals surface area contributed by atoms with Crippen molar-refractivity contribution in [2.45, 2.75) is 6.42 Å². The maximum Gasteiger partial charge on any atom is 0.324 e. The highest BCUT2D eigenvalue weighted by atomic mass is 16.6. The monoisotopic (exact) mass is 128 g/mol. The van der Waals surface area contributed by atoms with Gasteiger partial charge in [-0.2, -0.15) is 0 Å². The summed E-state index contributed by atoms with van der Waals surface area (Å²) in [5.41, 5.74) is 0. The lowest BCUT2D eigenvalue weighted by molar-refractivity contribution is -0.153. The number of carbonyl (C=O) groups is 3. The highest BCUT2D eigenvalue weighted by Gasteiger charge is 2.32. The van der Waals surface area contributed by atoms with E-state index in [1.165, 1.54) is 0 Å². The second-order valence-corrected chi connectivity index (χ2v) is 1.74. The summed E-state index contributed by atoms with van der Waals surface area (Å²) in [7, 11) is 0. The van der Waals surface area contributed by atoms with Gasteiger partial charge in [-0.15, -0.1) is 0 Å². The zero-order valence-electron chi connectivity index (χ0n) is 4.49. The van der Waals surface area contributed by atoms with Crippen molar-refractivity contribution < 1.29 is 19.1 Å². The van der Waals surface area contributed by atoms with E-state index >= 15 is 0 Å². The third-order valence-electron chi connectivity index (χ3n) is 1.07. The van der Waals surface area contributed by atoms with Crippen LogP contribution in [-0.2, 0) is 19.1 Å². The minimum absolute atomic E-state index is 0.0949. The van der Waals surface area contributed by atoms with Crippen LogP contribution >= 0.6 is 0 Å². The fraction of sp³-hybridized carbons (Fsp3) is 0.400. The Balaban J connectivity index is 2.68. The van der Waals surface area contributed by atoms with Crippen LogP contribution in [-0.4, -0.2) is 18.2 Å². The predicted octanol–water partition coefficient (Wildman–Crippen LogP) is -0.725. The summed E-state index contributed by atoms with van der Waals surface area (Å²) in [5, 5.41) is 0. The van der Waals surface area contributed by atoms with Gasteiger partial charge < -0.3 is 9.53 Å². The van der Waals surface area contributed by atoms with Crippen molar-refractivity contribution in [2.24, 2.45) is 5.92 Å². The molecule has 0 amide bonds. The van der Waals surface area contributed by atoms with Crippen molar-refractivity contribution in [3.05, 3.63) is 0 Å². The summed E-state index contributed by atoms with van der Waals surface area (Å²) in [5.74, 6) is -2.19. The standard InChI is InChI=1S/C5H4O4/c6-2-3-1-4(7)9-5(3)8/h2-3H,1H2. The first-order valence-corrected chi connectivity index (χ1v) is 2.44.